The van der Waals surface area contributed by atoms with Gasteiger partial charge in [-0.05, 0) is 35.6 Å². The molecule has 0 aliphatic heterocycles. The third-order valence-corrected chi connectivity index (χ3v) is 3.96. The highest BCUT2D eigenvalue weighted by Gasteiger charge is 2.30. The zero-order valence-corrected chi connectivity index (χ0v) is 15.2. The molecule has 1 heterocycles. The van der Waals surface area contributed by atoms with Crippen LogP contribution in [0.5, 0.6) is 0 Å². The summed E-state index contributed by atoms with van der Waals surface area (Å²) in [4.78, 5) is 0. The van der Waals surface area contributed by atoms with E-state index in [4.69, 9.17) is 5.26 Å². The van der Waals surface area contributed by atoms with Gasteiger partial charge in [-0.2, -0.15) is 10.4 Å². The van der Waals surface area contributed by atoms with Crippen molar-refractivity contribution in [3.05, 3.63) is 46.6 Å². The van der Waals surface area contributed by atoms with E-state index in [1.807, 2.05) is 24.3 Å². The summed E-state index contributed by atoms with van der Waals surface area (Å²) in [6.45, 7) is 15.3. The summed E-state index contributed by atoms with van der Waals surface area (Å²) in [6, 6.07) is 9.68. The first-order chi connectivity index (χ1) is 10.6. The van der Waals surface area contributed by atoms with Gasteiger partial charge in [-0.25, -0.2) is 0 Å². The Kier molecular flexibility index (Phi) is 4.30. The lowest BCUT2D eigenvalue weighted by atomic mass is 9.76. The van der Waals surface area contributed by atoms with Gasteiger partial charge in [0, 0.05) is 11.0 Å². The minimum Gasteiger partial charge on any atom is -0.192 e. The Hall–Kier alpha value is -2.21. The van der Waals surface area contributed by atoms with Crippen LogP contribution in [0.2, 0.25) is 0 Å². The number of aromatic nitrogens is 2. The first-order valence-electron chi connectivity index (χ1n) is 7.94. The summed E-state index contributed by atoms with van der Waals surface area (Å²) >= 11 is 0. The van der Waals surface area contributed by atoms with Crippen molar-refractivity contribution in [1.82, 2.24) is 10.2 Å². The van der Waals surface area contributed by atoms with Crippen molar-refractivity contribution in [2.75, 3.05) is 0 Å². The van der Waals surface area contributed by atoms with E-state index in [2.05, 4.69) is 64.7 Å². The summed E-state index contributed by atoms with van der Waals surface area (Å²) in [5.41, 5.74) is 5.98. The molecule has 1 aromatic carbocycles. The SMILES string of the molecule is Cc1c(-c2ccc(C#N)cc2)nnc(C(C)(C)C)c1C(C)(C)C. The highest BCUT2D eigenvalue weighted by Crippen LogP contribution is 2.37. The molecule has 0 aliphatic carbocycles. The van der Waals surface area contributed by atoms with Crippen LogP contribution in [0, 0.1) is 18.3 Å². The molecule has 0 unspecified atom stereocenters. The van der Waals surface area contributed by atoms with Crippen molar-refractivity contribution >= 4 is 0 Å². The Labute approximate surface area is 139 Å². The zero-order chi connectivity index (χ0) is 17.4. The number of nitriles is 1. The fourth-order valence-electron chi connectivity index (χ4n) is 2.94. The summed E-state index contributed by atoms with van der Waals surface area (Å²) in [5, 5.41) is 18.0. The maximum Gasteiger partial charge on any atom is 0.0991 e. The topological polar surface area (TPSA) is 49.6 Å². The van der Waals surface area contributed by atoms with E-state index in [1.165, 1.54) is 11.1 Å². The number of hydrogen-bond acceptors (Lipinski definition) is 3. The van der Waals surface area contributed by atoms with E-state index in [-0.39, 0.29) is 10.8 Å². The second-order valence-electron chi connectivity index (χ2n) is 8.09. The molecule has 2 aromatic rings. The van der Waals surface area contributed by atoms with Crippen LogP contribution < -0.4 is 0 Å². The van der Waals surface area contributed by atoms with Crippen molar-refractivity contribution in [3.8, 4) is 17.3 Å². The van der Waals surface area contributed by atoms with Gasteiger partial charge in [-0.3, -0.25) is 0 Å². The lowest BCUT2D eigenvalue weighted by Gasteiger charge is -2.30. The molecule has 0 radical (unpaired) electrons. The van der Waals surface area contributed by atoms with Crippen molar-refractivity contribution in [3.63, 3.8) is 0 Å². The lowest BCUT2D eigenvalue weighted by molar-refractivity contribution is 0.503. The Morgan fingerprint density at radius 1 is 0.870 bits per heavy atom. The van der Waals surface area contributed by atoms with E-state index in [1.54, 1.807) is 0 Å². The second kappa shape index (κ2) is 5.77. The van der Waals surface area contributed by atoms with Crippen molar-refractivity contribution in [1.29, 1.82) is 5.26 Å². The first kappa shape index (κ1) is 17.1. The van der Waals surface area contributed by atoms with Gasteiger partial charge in [0.25, 0.3) is 0 Å². The molecule has 0 saturated heterocycles. The zero-order valence-electron chi connectivity index (χ0n) is 15.2. The van der Waals surface area contributed by atoms with Crippen LogP contribution >= 0.6 is 0 Å². The Morgan fingerprint density at radius 2 is 1.43 bits per heavy atom. The number of hydrogen-bond donors (Lipinski definition) is 0. The van der Waals surface area contributed by atoms with E-state index >= 15 is 0 Å². The average molecular weight is 307 g/mol. The van der Waals surface area contributed by atoms with Crippen LogP contribution in [0.25, 0.3) is 11.3 Å². The van der Waals surface area contributed by atoms with Crippen molar-refractivity contribution < 1.29 is 0 Å². The van der Waals surface area contributed by atoms with E-state index < -0.39 is 0 Å². The highest BCUT2D eigenvalue weighted by atomic mass is 15.1. The van der Waals surface area contributed by atoms with Crippen LogP contribution in [-0.2, 0) is 10.8 Å². The predicted octanol–water partition coefficient (Wildman–Crippen LogP) is 4.92. The summed E-state index contributed by atoms with van der Waals surface area (Å²) < 4.78 is 0. The van der Waals surface area contributed by atoms with Gasteiger partial charge < -0.3 is 0 Å². The molecule has 0 spiro atoms. The number of nitrogens with zero attached hydrogens (tertiary/aromatic N) is 3. The minimum atomic E-state index is -0.0520. The molecule has 0 fully saturated rings. The van der Waals surface area contributed by atoms with E-state index in [0.717, 1.165) is 17.0 Å². The third-order valence-electron chi connectivity index (χ3n) is 3.96. The Balaban J connectivity index is 2.71. The Morgan fingerprint density at radius 3 is 1.87 bits per heavy atom. The molecule has 120 valence electrons. The largest absolute Gasteiger partial charge is 0.192 e. The summed E-state index contributed by atoms with van der Waals surface area (Å²) in [7, 11) is 0. The summed E-state index contributed by atoms with van der Waals surface area (Å²) in [6.07, 6.45) is 0. The maximum atomic E-state index is 8.95. The minimum absolute atomic E-state index is 0.00994. The lowest BCUT2D eigenvalue weighted by Crippen LogP contribution is -2.26. The predicted molar refractivity (Wildman–Crippen MR) is 94.3 cm³/mol. The number of benzene rings is 1. The van der Waals surface area contributed by atoms with Gasteiger partial charge >= 0.3 is 0 Å². The molecular weight excluding hydrogens is 282 g/mol. The second-order valence-corrected chi connectivity index (χ2v) is 8.09. The number of rotatable bonds is 1. The van der Waals surface area contributed by atoms with Crippen molar-refractivity contribution in [2.45, 2.75) is 59.3 Å². The molecule has 3 heteroatoms. The third kappa shape index (κ3) is 3.42. The molecule has 0 N–H and O–H groups in total. The van der Waals surface area contributed by atoms with E-state index in [0.29, 0.717) is 5.56 Å². The fourth-order valence-corrected chi connectivity index (χ4v) is 2.94. The molecule has 1 aromatic heterocycles. The van der Waals surface area contributed by atoms with Gasteiger partial charge in [0.1, 0.15) is 0 Å². The molecule has 23 heavy (non-hydrogen) atoms. The molecular formula is C20H25N3. The fraction of sp³-hybridized carbons (Fsp3) is 0.450. The smallest absolute Gasteiger partial charge is 0.0991 e. The van der Waals surface area contributed by atoms with Gasteiger partial charge in [-0.15, -0.1) is 5.10 Å². The normalized spacial score (nSPS) is 12.1. The quantitative estimate of drug-likeness (QED) is 0.751. The van der Waals surface area contributed by atoms with Crippen LogP contribution in [-0.4, -0.2) is 10.2 Å². The van der Waals surface area contributed by atoms with E-state index in [9.17, 15) is 0 Å². The van der Waals surface area contributed by atoms with Crippen LogP contribution in [0.1, 0.15) is 63.9 Å². The molecule has 0 bridgehead atoms. The maximum absolute atomic E-state index is 8.95. The van der Waals surface area contributed by atoms with Crippen LogP contribution in [0.15, 0.2) is 24.3 Å². The Bertz CT molecular complexity index is 752. The van der Waals surface area contributed by atoms with Gasteiger partial charge in [0.2, 0.25) is 0 Å². The standard InChI is InChI=1S/C20H25N3/c1-13-16(19(2,3)4)18(20(5,6)7)23-22-17(13)15-10-8-14(12-21)9-11-15/h8-11H,1-7H3. The molecule has 0 atom stereocenters. The first-order valence-corrected chi connectivity index (χ1v) is 7.94. The molecule has 2 rings (SSSR count). The van der Waals surface area contributed by atoms with Crippen LogP contribution in [0.3, 0.4) is 0 Å². The monoisotopic (exact) mass is 307 g/mol. The molecule has 0 saturated carbocycles. The van der Waals surface area contributed by atoms with Crippen LogP contribution in [0.4, 0.5) is 0 Å². The highest BCUT2D eigenvalue weighted by molar-refractivity contribution is 5.66. The molecule has 0 aliphatic rings. The van der Waals surface area contributed by atoms with Gasteiger partial charge in [0.15, 0.2) is 0 Å². The molecule has 3 nitrogen and oxygen atoms in total. The molecule has 0 amide bonds. The van der Waals surface area contributed by atoms with Crippen molar-refractivity contribution in [2.24, 2.45) is 0 Å². The van der Waals surface area contributed by atoms with Gasteiger partial charge in [-0.1, -0.05) is 53.7 Å². The average Bonchev–Trinajstić information content (AvgIpc) is 2.45. The summed E-state index contributed by atoms with van der Waals surface area (Å²) in [5.74, 6) is 0. The van der Waals surface area contributed by atoms with Gasteiger partial charge in [0.05, 0.1) is 23.0 Å².